The third-order valence-corrected chi connectivity index (χ3v) is 5.09. The molecule has 3 heterocycles. The molecule has 6 atom stereocenters. The molecule has 0 aliphatic carbocycles. The van der Waals surface area contributed by atoms with Gasteiger partial charge in [-0.05, 0) is 13.0 Å². The lowest BCUT2D eigenvalue weighted by atomic mass is 9.99. The molecule has 6 unspecified atom stereocenters. The summed E-state index contributed by atoms with van der Waals surface area (Å²) in [6.45, 7) is 3.02. The largest absolute Gasteiger partial charge is 0.394 e. The van der Waals surface area contributed by atoms with Gasteiger partial charge in [0.25, 0.3) is 0 Å². The van der Waals surface area contributed by atoms with Gasteiger partial charge in [-0.2, -0.15) is 0 Å². The van der Waals surface area contributed by atoms with Gasteiger partial charge >= 0.3 is 0 Å². The van der Waals surface area contributed by atoms with Gasteiger partial charge in [0.1, 0.15) is 0 Å². The fourth-order valence-electron chi connectivity index (χ4n) is 3.64. The van der Waals surface area contributed by atoms with E-state index in [0.29, 0.717) is 19.6 Å². The standard InChI is InChI=1S/C14H27ClN6O3/c15-8-5-18-13-11(12(16)20-21(13)7-8)14(23)19-9-6-17-2-1-10(9)24-4-3-22/h8-13,17-18,20,22H,1-7,16H2,(H,19,23). The van der Waals surface area contributed by atoms with Crippen LogP contribution in [0.3, 0.4) is 0 Å². The van der Waals surface area contributed by atoms with Crippen LogP contribution in [0.1, 0.15) is 6.42 Å². The first-order chi connectivity index (χ1) is 11.6. The molecule has 0 bridgehead atoms. The lowest BCUT2D eigenvalue weighted by Crippen LogP contribution is -2.61. The summed E-state index contributed by atoms with van der Waals surface area (Å²) in [5.74, 6) is -0.510. The number of alkyl halides is 1. The van der Waals surface area contributed by atoms with Crippen molar-refractivity contribution in [2.24, 2.45) is 11.7 Å². The Bertz CT molecular complexity index is 445. The van der Waals surface area contributed by atoms with E-state index in [4.69, 9.17) is 27.2 Å². The molecule has 3 aliphatic rings. The number of aliphatic hydroxyl groups is 1. The Hall–Kier alpha value is -0.520. The highest BCUT2D eigenvalue weighted by molar-refractivity contribution is 6.21. The molecule has 3 saturated heterocycles. The van der Waals surface area contributed by atoms with Gasteiger partial charge in [0.05, 0.1) is 49.0 Å². The second-order valence-electron chi connectivity index (χ2n) is 6.52. The maximum Gasteiger partial charge on any atom is 0.229 e. The molecule has 3 rings (SSSR count). The fraction of sp³-hybridized carbons (Fsp3) is 0.929. The van der Waals surface area contributed by atoms with Gasteiger partial charge in [0.15, 0.2) is 0 Å². The van der Waals surface area contributed by atoms with E-state index in [1.165, 1.54) is 0 Å². The lowest BCUT2D eigenvalue weighted by molar-refractivity contribution is -0.129. The van der Waals surface area contributed by atoms with Gasteiger partial charge in [-0.1, -0.05) is 0 Å². The summed E-state index contributed by atoms with van der Waals surface area (Å²) >= 11 is 6.15. The van der Waals surface area contributed by atoms with Crippen LogP contribution in [0, 0.1) is 5.92 Å². The highest BCUT2D eigenvalue weighted by Gasteiger charge is 2.47. The van der Waals surface area contributed by atoms with E-state index in [0.717, 1.165) is 13.0 Å². The number of ether oxygens (including phenoxy) is 1. The summed E-state index contributed by atoms with van der Waals surface area (Å²) in [4.78, 5) is 12.8. The van der Waals surface area contributed by atoms with Crippen molar-refractivity contribution in [1.82, 2.24) is 26.4 Å². The molecule has 0 saturated carbocycles. The minimum atomic E-state index is -0.460. The summed E-state index contributed by atoms with van der Waals surface area (Å²) in [5, 5.41) is 20.5. The van der Waals surface area contributed by atoms with Gasteiger partial charge < -0.3 is 26.2 Å². The Balaban J connectivity index is 1.60. The maximum absolute atomic E-state index is 12.8. The number of halogens is 1. The third kappa shape index (κ3) is 4.00. The molecular formula is C14H27ClN6O3. The zero-order chi connectivity index (χ0) is 17.1. The van der Waals surface area contributed by atoms with Crippen LogP contribution in [-0.4, -0.2) is 85.3 Å². The number of aliphatic hydroxyl groups excluding tert-OH is 1. The number of nitrogens with one attached hydrogen (secondary N) is 4. The van der Waals surface area contributed by atoms with Crippen molar-refractivity contribution >= 4 is 17.5 Å². The number of nitrogens with zero attached hydrogens (tertiary/aromatic N) is 1. The summed E-state index contributed by atoms with van der Waals surface area (Å²) < 4.78 is 5.66. The Morgan fingerprint density at radius 1 is 1.46 bits per heavy atom. The number of nitrogens with two attached hydrogens (primary N) is 1. The second kappa shape index (κ2) is 8.24. The predicted octanol–water partition coefficient (Wildman–Crippen LogP) is -2.90. The second-order valence-corrected chi connectivity index (χ2v) is 7.14. The van der Waals surface area contributed by atoms with Gasteiger partial charge in [0.2, 0.25) is 5.91 Å². The number of amides is 1. The summed E-state index contributed by atoms with van der Waals surface area (Å²) in [7, 11) is 0. The van der Waals surface area contributed by atoms with Gasteiger partial charge in [-0.15, -0.1) is 11.6 Å². The van der Waals surface area contributed by atoms with Crippen molar-refractivity contribution in [2.75, 3.05) is 39.4 Å². The van der Waals surface area contributed by atoms with E-state index >= 15 is 0 Å². The highest BCUT2D eigenvalue weighted by atomic mass is 35.5. The zero-order valence-corrected chi connectivity index (χ0v) is 14.3. The van der Waals surface area contributed by atoms with E-state index in [1.807, 2.05) is 5.01 Å². The average Bonchev–Trinajstić information content (AvgIpc) is 2.89. The summed E-state index contributed by atoms with van der Waals surface area (Å²) in [5.41, 5.74) is 9.25. The van der Waals surface area contributed by atoms with Gasteiger partial charge in [-0.25, -0.2) is 10.4 Å². The van der Waals surface area contributed by atoms with Crippen LogP contribution in [0.4, 0.5) is 0 Å². The van der Waals surface area contributed by atoms with Gasteiger partial charge in [-0.3, -0.25) is 10.1 Å². The average molecular weight is 363 g/mol. The maximum atomic E-state index is 12.8. The summed E-state index contributed by atoms with van der Waals surface area (Å²) in [6, 6.07) is -0.136. The molecule has 3 aliphatic heterocycles. The molecule has 0 radical (unpaired) electrons. The Labute approximate surface area is 146 Å². The van der Waals surface area contributed by atoms with Gasteiger partial charge in [0, 0.05) is 19.6 Å². The number of rotatable bonds is 5. The highest BCUT2D eigenvalue weighted by Crippen LogP contribution is 2.23. The zero-order valence-electron chi connectivity index (χ0n) is 13.6. The first-order valence-corrected chi connectivity index (χ1v) is 8.93. The normalized spacial score (nSPS) is 40.3. The fourth-order valence-corrected chi connectivity index (χ4v) is 3.88. The Morgan fingerprint density at radius 3 is 3.08 bits per heavy atom. The minimum Gasteiger partial charge on any atom is -0.394 e. The Morgan fingerprint density at radius 2 is 2.29 bits per heavy atom. The molecular weight excluding hydrogens is 336 g/mol. The molecule has 1 amide bonds. The van der Waals surface area contributed by atoms with Crippen molar-refractivity contribution in [3.63, 3.8) is 0 Å². The molecule has 0 aromatic rings. The molecule has 0 spiro atoms. The lowest BCUT2D eigenvalue weighted by Gasteiger charge is -2.36. The van der Waals surface area contributed by atoms with E-state index < -0.39 is 12.1 Å². The topological polar surface area (TPSA) is 124 Å². The number of fused-ring (bicyclic) bond motifs is 1. The van der Waals surface area contributed by atoms with E-state index in [-0.39, 0.29) is 42.8 Å². The molecule has 3 fully saturated rings. The molecule has 10 heteroatoms. The third-order valence-electron chi connectivity index (χ3n) is 4.79. The van der Waals surface area contributed by atoms with Crippen molar-refractivity contribution < 1.29 is 14.6 Å². The molecule has 9 nitrogen and oxygen atoms in total. The van der Waals surface area contributed by atoms with Crippen LogP contribution < -0.4 is 27.1 Å². The number of hydrazine groups is 1. The SMILES string of the molecule is NC1NN2CC(Cl)CNC2C1C(=O)NC1CNCCC1OCCO. The van der Waals surface area contributed by atoms with Crippen molar-refractivity contribution in [3.8, 4) is 0 Å². The van der Waals surface area contributed by atoms with Crippen molar-refractivity contribution in [3.05, 3.63) is 0 Å². The number of hydrogen-bond acceptors (Lipinski definition) is 8. The number of hydrogen-bond donors (Lipinski definition) is 6. The first kappa shape index (κ1) is 18.3. The van der Waals surface area contributed by atoms with Crippen LogP contribution >= 0.6 is 11.6 Å². The van der Waals surface area contributed by atoms with Crippen LogP contribution in [0.25, 0.3) is 0 Å². The Kier molecular flexibility index (Phi) is 6.27. The monoisotopic (exact) mass is 362 g/mol. The van der Waals surface area contributed by atoms with Crippen LogP contribution in [0.2, 0.25) is 0 Å². The number of piperidine rings is 1. The van der Waals surface area contributed by atoms with E-state index in [9.17, 15) is 4.79 Å². The number of carbonyl (C=O) groups excluding carboxylic acids is 1. The first-order valence-electron chi connectivity index (χ1n) is 8.49. The van der Waals surface area contributed by atoms with E-state index in [1.54, 1.807) is 0 Å². The molecule has 0 aromatic carbocycles. The predicted molar refractivity (Wildman–Crippen MR) is 89.0 cm³/mol. The van der Waals surface area contributed by atoms with Crippen LogP contribution in [0.5, 0.6) is 0 Å². The smallest absolute Gasteiger partial charge is 0.229 e. The molecule has 0 aromatic heterocycles. The summed E-state index contributed by atoms with van der Waals surface area (Å²) in [6.07, 6.45) is 0.0681. The molecule has 24 heavy (non-hydrogen) atoms. The van der Waals surface area contributed by atoms with Crippen LogP contribution in [-0.2, 0) is 9.53 Å². The number of carbonyl (C=O) groups is 1. The quantitative estimate of drug-likeness (QED) is 0.288. The van der Waals surface area contributed by atoms with Crippen molar-refractivity contribution in [2.45, 2.75) is 36.3 Å². The molecule has 7 N–H and O–H groups in total. The minimum absolute atomic E-state index is 0.0124. The molecule has 138 valence electrons. The van der Waals surface area contributed by atoms with Crippen LogP contribution in [0.15, 0.2) is 0 Å². The van der Waals surface area contributed by atoms with Crippen molar-refractivity contribution in [1.29, 1.82) is 0 Å². The van der Waals surface area contributed by atoms with E-state index in [2.05, 4.69) is 21.4 Å².